The van der Waals surface area contributed by atoms with E-state index < -0.39 is 11.6 Å². The molecule has 1 fully saturated rings. The van der Waals surface area contributed by atoms with Crippen LogP contribution in [-0.2, 0) is 5.33 Å². The number of hydrogen-bond acceptors (Lipinski definition) is 2. The minimum Gasteiger partial charge on any atom is -0.364 e. The Morgan fingerprint density at radius 1 is 1.16 bits per heavy atom. The van der Waals surface area contributed by atoms with E-state index in [9.17, 15) is 8.78 Å². The summed E-state index contributed by atoms with van der Waals surface area (Å²) in [5.41, 5.74) is 0.727. The van der Waals surface area contributed by atoms with E-state index in [0.29, 0.717) is 24.0 Å². The predicted octanol–water partition coefficient (Wildman–Crippen LogP) is 3.39. The van der Waals surface area contributed by atoms with Gasteiger partial charge in [-0.25, -0.2) is 8.78 Å². The van der Waals surface area contributed by atoms with Crippen molar-refractivity contribution in [1.82, 2.24) is 4.90 Å². The van der Waals surface area contributed by atoms with Gasteiger partial charge in [-0.2, -0.15) is 0 Å². The predicted molar refractivity (Wildman–Crippen MR) is 77.9 cm³/mol. The van der Waals surface area contributed by atoms with Crippen LogP contribution in [0.15, 0.2) is 12.1 Å². The van der Waals surface area contributed by atoms with Crippen LogP contribution in [0.25, 0.3) is 0 Å². The summed E-state index contributed by atoms with van der Waals surface area (Å²) in [5, 5.41) is 0.455. The van der Waals surface area contributed by atoms with Crippen molar-refractivity contribution in [3.63, 3.8) is 0 Å². The van der Waals surface area contributed by atoms with Gasteiger partial charge in [0.15, 0.2) is 0 Å². The van der Waals surface area contributed by atoms with Crippen LogP contribution >= 0.6 is 15.9 Å². The molecule has 0 saturated carbocycles. The Balaban J connectivity index is 2.32. The van der Waals surface area contributed by atoms with Gasteiger partial charge in [0.05, 0.1) is 0 Å². The summed E-state index contributed by atoms with van der Waals surface area (Å²) in [6.45, 7) is 5.43. The van der Waals surface area contributed by atoms with Crippen LogP contribution in [0.3, 0.4) is 0 Å². The first kappa shape index (κ1) is 14.7. The quantitative estimate of drug-likeness (QED) is 0.766. The summed E-state index contributed by atoms with van der Waals surface area (Å²) in [7, 11) is 2.05. The first-order valence-corrected chi connectivity index (χ1v) is 7.57. The molecule has 1 aromatic carbocycles. The largest absolute Gasteiger partial charge is 0.364 e. The lowest BCUT2D eigenvalue weighted by Gasteiger charge is -2.43. The molecule has 0 N–H and O–H groups in total. The summed E-state index contributed by atoms with van der Waals surface area (Å²) >= 11 is 3.22. The second-order valence-electron chi connectivity index (χ2n) is 5.31. The molecule has 1 aliphatic heterocycles. The average molecular weight is 333 g/mol. The number of likely N-dealkylation sites (N-methyl/N-ethyl adjacent to an activating group) is 1. The van der Waals surface area contributed by atoms with E-state index >= 15 is 0 Å². The van der Waals surface area contributed by atoms with Crippen LogP contribution < -0.4 is 4.90 Å². The maximum absolute atomic E-state index is 14.1. The van der Waals surface area contributed by atoms with Crippen molar-refractivity contribution in [1.29, 1.82) is 0 Å². The lowest BCUT2D eigenvalue weighted by atomic mass is 10.1. The Morgan fingerprint density at radius 2 is 1.63 bits per heavy atom. The van der Waals surface area contributed by atoms with Crippen LogP contribution in [0.1, 0.15) is 19.4 Å². The van der Waals surface area contributed by atoms with Gasteiger partial charge in [0.2, 0.25) is 0 Å². The van der Waals surface area contributed by atoms with E-state index in [2.05, 4.69) is 34.7 Å². The van der Waals surface area contributed by atoms with Gasteiger partial charge in [-0.15, -0.1) is 0 Å². The van der Waals surface area contributed by atoms with Crippen molar-refractivity contribution >= 4 is 21.6 Å². The monoisotopic (exact) mass is 332 g/mol. The van der Waals surface area contributed by atoms with Gasteiger partial charge in [-0.1, -0.05) is 15.9 Å². The smallest absolute Gasteiger partial charge is 0.149 e. The fourth-order valence-corrected chi connectivity index (χ4v) is 2.91. The van der Waals surface area contributed by atoms with E-state index in [4.69, 9.17) is 0 Å². The highest BCUT2D eigenvalue weighted by atomic mass is 79.9. The highest BCUT2D eigenvalue weighted by Crippen LogP contribution is 2.29. The summed E-state index contributed by atoms with van der Waals surface area (Å²) in [5.74, 6) is -0.947. The topological polar surface area (TPSA) is 6.48 Å². The number of hydrogen-bond donors (Lipinski definition) is 0. The third kappa shape index (κ3) is 2.92. The summed E-state index contributed by atoms with van der Waals surface area (Å²) in [6.07, 6.45) is 0. The number of anilines is 1. The van der Waals surface area contributed by atoms with Crippen LogP contribution in [0.5, 0.6) is 0 Å². The van der Waals surface area contributed by atoms with Gasteiger partial charge in [0.1, 0.15) is 17.3 Å². The molecule has 1 aliphatic rings. The van der Waals surface area contributed by atoms with Crippen molar-refractivity contribution < 1.29 is 8.78 Å². The Labute approximate surface area is 121 Å². The third-order valence-corrected chi connectivity index (χ3v) is 4.55. The average Bonchev–Trinajstić information content (AvgIpc) is 2.34. The molecule has 0 bridgehead atoms. The highest BCUT2D eigenvalue weighted by Gasteiger charge is 2.29. The molecule has 1 saturated heterocycles. The van der Waals surface area contributed by atoms with Crippen molar-refractivity contribution in [3.05, 3.63) is 29.3 Å². The van der Waals surface area contributed by atoms with Gasteiger partial charge in [0.25, 0.3) is 0 Å². The molecule has 19 heavy (non-hydrogen) atoms. The van der Waals surface area contributed by atoms with Gasteiger partial charge in [-0.05, 0) is 38.6 Å². The van der Waals surface area contributed by atoms with E-state index in [1.807, 2.05) is 11.9 Å². The molecular formula is C14H19BrF2N2. The fraction of sp³-hybridized carbons (Fsp3) is 0.571. The summed E-state index contributed by atoms with van der Waals surface area (Å²) < 4.78 is 28.2. The minimum absolute atomic E-state index is 0.108. The number of piperazine rings is 1. The first-order valence-electron chi connectivity index (χ1n) is 6.44. The normalized spacial score (nSPS) is 24.8. The number of rotatable bonds is 2. The Bertz CT molecular complexity index is 432. The molecule has 106 valence electrons. The Hall–Kier alpha value is -0.680. The van der Waals surface area contributed by atoms with E-state index in [0.717, 1.165) is 0 Å². The zero-order chi connectivity index (χ0) is 14.2. The molecule has 2 nitrogen and oxygen atoms in total. The van der Waals surface area contributed by atoms with Gasteiger partial charge in [0, 0.05) is 30.5 Å². The zero-order valence-corrected chi connectivity index (χ0v) is 13.0. The molecule has 2 atom stereocenters. The standard InChI is InChI=1S/C14H19BrF2N2/c1-9-7-19(8-10(2)18(9)3)14-12(16)4-11(6-15)5-13(14)17/h4-5,9-10H,6-8H2,1-3H3. The summed E-state index contributed by atoms with van der Waals surface area (Å²) in [6, 6.07) is 3.36. The van der Waals surface area contributed by atoms with Crippen molar-refractivity contribution in [3.8, 4) is 0 Å². The molecule has 0 aromatic heterocycles. The second-order valence-corrected chi connectivity index (χ2v) is 5.87. The molecule has 2 unspecified atom stereocenters. The van der Waals surface area contributed by atoms with Crippen LogP contribution in [0.4, 0.5) is 14.5 Å². The zero-order valence-electron chi connectivity index (χ0n) is 11.5. The molecule has 1 heterocycles. The van der Waals surface area contributed by atoms with Crippen molar-refractivity contribution in [2.24, 2.45) is 0 Å². The van der Waals surface area contributed by atoms with E-state index in [1.165, 1.54) is 12.1 Å². The molecule has 0 spiro atoms. The van der Waals surface area contributed by atoms with Crippen LogP contribution in [-0.4, -0.2) is 37.1 Å². The first-order chi connectivity index (χ1) is 8.93. The fourth-order valence-electron chi connectivity index (χ4n) is 2.58. The number of benzene rings is 1. The van der Waals surface area contributed by atoms with Crippen LogP contribution in [0, 0.1) is 11.6 Å². The maximum atomic E-state index is 14.1. The SMILES string of the molecule is CC1CN(c2c(F)cc(CBr)cc2F)CC(C)N1C. The Morgan fingerprint density at radius 3 is 2.05 bits per heavy atom. The number of alkyl halides is 1. The number of halogens is 3. The van der Waals surface area contributed by atoms with Gasteiger partial charge < -0.3 is 4.90 Å². The second kappa shape index (κ2) is 5.75. The Kier molecular flexibility index (Phi) is 4.46. The summed E-state index contributed by atoms with van der Waals surface area (Å²) in [4.78, 5) is 4.05. The van der Waals surface area contributed by atoms with Gasteiger partial charge >= 0.3 is 0 Å². The molecular weight excluding hydrogens is 314 g/mol. The molecule has 2 rings (SSSR count). The van der Waals surface area contributed by atoms with Crippen molar-refractivity contribution in [2.45, 2.75) is 31.3 Å². The van der Waals surface area contributed by atoms with Gasteiger partial charge in [-0.3, -0.25) is 4.90 Å². The van der Waals surface area contributed by atoms with Crippen molar-refractivity contribution in [2.75, 3.05) is 25.0 Å². The molecule has 5 heteroatoms. The molecule has 0 aliphatic carbocycles. The van der Waals surface area contributed by atoms with E-state index in [1.54, 1.807) is 0 Å². The molecule has 1 aromatic rings. The highest BCUT2D eigenvalue weighted by molar-refractivity contribution is 9.08. The van der Waals surface area contributed by atoms with E-state index in [-0.39, 0.29) is 17.8 Å². The maximum Gasteiger partial charge on any atom is 0.149 e. The minimum atomic E-state index is -0.474. The molecule has 0 amide bonds. The lowest BCUT2D eigenvalue weighted by molar-refractivity contribution is 0.169. The number of nitrogens with zero attached hydrogens (tertiary/aromatic N) is 2. The molecule has 0 radical (unpaired) electrons. The third-order valence-electron chi connectivity index (χ3n) is 3.91. The lowest BCUT2D eigenvalue weighted by Crippen LogP contribution is -2.55. The van der Waals surface area contributed by atoms with Crippen LogP contribution in [0.2, 0.25) is 0 Å².